The number of methoxy groups -OCH3 is 1. The lowest BCUT2D eigenvalue weighted by molar-refractivity contribution is -0.122. The molecule has 0 radical (unpaired) electrons. The summed E-state index contributed by atoms with van der Waals surface area (Å²) in [6.07, 6.45) is 0.679. The summed E-state index contributed by atoms with van der Waals surface area (Å²) in [5.41, 5.74) is 1.06. The molecule has 0 aliphatic carbocycles. The average Bonchev–Trinajstić information content (AvgIpc) is 2.78. The summed E-state index contributed by atoms with van der Waals surface area (Å²) in [6.45, 7) is 1.97. The van der Waals surface area contributed by atoms with Crippen molar-refractivity contribution in [2.75, 3.05) is 33.8 Å². The van der Waals surface area contributed by atoms with E-state index in [0.717, 1.165) is 12.1 Å². The van der Waals surface area contributed by atoms with Gasteiger partial charge in [0.25, 0.3) is 0 Å². The number of aliphatic hydroxyl groups excluding tert-OH is 1. The van der Waals surface area contributed by atoms with Crippen LogP contribution in [0.4, 0.5) is 0 Å². The average molecular weight is 327 g/mol. The second-order valence-electron chi connectivity index (χ2n) is 5.82. The molecule has 1 aliphatic heterocycles. The number of amides is 1. The quantitative estimate of drug-likeness (QED) is 0.827. The predicted octanol–water partition coefficient (Wildman–Crippen LogP) is 1.32. The zero-order chi connectivity index (χ0) is 16.1. The Bertz CT molecular complexity index is 524. The lowest BCUT2D eigenvalue weighted by atomic mass is 10.0. The van der Waals surface area contributed by atoms with E-state index in [4.69, 9.17) is 16.3 Å². The van der Waals surface area contributed by atoms with E-state index in [1.54, 1.807) is 13.2 Å². The first kappa shape index (κ1) is 17.1. The van der Waals surface area contributed by atoms with Crippen LogP contribution in [0.1, 0.15) is 12.0 Å². The number of nitrogens with one attached hydrogen (secondary N) is 1. The molecule has 1 aliphatic rings. The number of likely N-dealkylation sites (tertiary alicyclic amines) is 1. The Kier molecular flexibility index (Phi) is 6.06. The number of carbonyl (C=O) groups is 1. The van der Waals surface area contributed by atoms with E-state index >= 15 is 0 Å². The topological polar surface area (TPSA) is 61.8 Å². The van der Waals surface area contributed by atoms with Gasteiger partial charge in [0.05, 0.1) is 18.2 Å². The molecule has 0 spiro atoms. The maximum absolute atomic E-state index is 11.9. The zero-order valence-corrected chi connectivity index (χ0v) is 13.8. The molecule has 2 atom stereocenters. The molecule has 1 fully saturated rings. The summed E-state index contributed by atoms with van der Waals surface area (Å²) in [7, 11) is 3.53. The monoisotopic (exact) mass is 326 g/mol. The van der Waals surface area contributed by atoms with Gasteiger partial charge in [0, 0.05) is 32.0 Å². The van der Waals surface area contributed by atoms with Crippen molar-refractivity contribution >= 4 is 17.5 Å². The highest BCUT2D eigenvalue weighted by atomic mass is 35.5. The summed E-state index contributed by atoms with van der Waals surface area (Å²) in [6, 6.07) is 5.60. The van der Waals surface area contributed by atoms with Crippen LogP contribution in [0.15, 0.2) is 18.2 Å². The van der Waals surface area contributed by atoms with Gasteiger partial charge < -0.3 is 20.1 Å². The van der Waals surface area contributed by atoms with Crippen LogP contribution in [0.2, 0.25) is 5.02 Å². The van der Waals surface area contributed by atoms with Gasteiger partial charge >= 0.3 is 0 Å². The molecular weight excluding hydrogens is 304 g/mol. The minimum Gasteiger partial charge on any atom is -0.495 e. The maximum Gasteiger partial charge on any atom is 0.220 e. The van der Waals surface area contributed by atoms with E-state index in [1.807, 2.05) is 24.1 Å². The highest BCUT2D eigenvalue weighted by molar-refractivity contribution is 6.32. The van der Waals surface area contributed by atoms with Crippen LogP contribution >= 0.6 is 11.6 Å². The number of hydrogen-bond donors (Lipinski definition) is 2. The van der Waals surface area contributed by atoms with Gasteiger partial charge in [0.2, 0.25) is 5.91 Å². The molecule has 1 saturated heterocycles. The van der Waals surface area contributed by atoms with E-state index < -0.39 is 6.10 Å². The van der Waals surface area contributed by atoms with Crippen molar-refractivity contribution in [3.05, 3.63) is 28.8 Å². The van der Waals surface area contributed by atoms with Gasteiger partial charge in [-0.1, -0.05) is 17.7 Å². The smallest absolute Gasteiger partial charge is 0.220 e. The summed E-state index contributed by atoms with van der Waals surface area (Å²) in [5, 5.41) is 13.3. The van der Waals surface area contributed by atoms with Crippen molar-refractivity contribution in [2.45, 2.75) is 18.9 Å². The molecule has 1 amide bonds. The molecule has 1 aromatic rings. The van der Waals surface area contributed by atoms with Gasteiger partial charge in [0.15, 0.2) is 0 Å². The molecule has 6 heteroatoms. The van der Waals surface area contributed by atoms with Gasteiger partial charge in [-0.25, -0.2) is 0 Å². The van der Waals surface area contributed by atoms with Gasteiger partial charge in [-0.2, -0.15) is 0 Å². The van der Waals surface area contributed by atoms with Crippen molar-refractivity contribution in [2.24, 2.45) is 5.92 Å². The Hall–Kier alpha value is -1.30. The van der Waals surface area contributed by atoms with Crippen LogP contribution < -0.4 is 10.1 Å². The molecule has 122 valence electrons. The van der Waals surface area contributed by atoms with Crippen LogP contribution in [0.25, 0.3) is 0 Å². The Labute approximate surface area is 136 Å². The number of nitrogens with zero attached hydrogens (tertiary/aromatic N) is 1. The minimum atomic E-state index is -0.406. The molecular formula is C16H23ClN2O3. The normalized spacial score (nSPS) is 21.8. The van der Waals surface area contributed by atoms with Crippen molar-refractivity contribution in [1.29, 1.82) is 0 Å². The van der Waals surface area contributed by atoms with Crippen LogP contribution in [0, 0.1) is 5.92 Å². The summed E-state index contributed by atoms with van der Waals surface area (Å²) < 4.78 is 5.17. The zero-order valence-electron chi connectivity index (χ0n) is 13.0. The van der Waals surface area contributed by atoms with E-state index in [9.17, 15) is 9.90 Å². The Morgan fingerprint density at radius 2 is 2.27 bits per heavy atom. The molecule has 22 heavy (non-hydrogen) atoms. The number of benzene rings is 1. The number of hydrogen-bond acceptors (Lipinski definition) is 4. The lowest BCUT2D eigenvalue weighted by Gasteiger charge is -2.13. The second-order valence-corrected chi connectivity index (χ2v) is 6.23. The molecule has 1 aromatic carbocycles. The van der Waals surface area contributed by atoms with E-state index in [-0.39, 0.29) is 11.8 Å². The van der Waals surface area contributed by atoms with Crippen LogP contribution in [-0.2, 0) is 11.2 Å². The summed E-state index contributed by atoms with van der Waals surface area (Å²) in [4.78, 5) is 14.0. The van der Waals surface area contributed by atoms with E-state index in [0.29, 0.717) is 36.7 Å². The fourth-order valence-electron chi connectivity index (χ4n) is 2.78. The number of β-amino-alcohol motifs (C(OH)–C–C–N with tert-alkyl or cyclic N) is 1. The fourth-order valence-corrected chi connectivity index (χ4v) is 2.98. The van der Waals surface area contributed by atoms with Gasteiger partial charge in [0.1, 0.15) is 5.75 Å². The SMILES string of the molecule is COc1cc(CCNC(=O)C[C@@H]2CN(C)C[C@H]2O)ccc1Cl. The number of likely N-dealkylation sites (N-methyl/N-ethyl adjacent to an activating group) is 1. The van der Waals surface area contributed by atoms with Gasteiger partial charge in [-0.05, 0) is 31.2 Å². The molecule has 0 bridgehead atoms. The highest BCUT2D eigenvalue weighted by Gasteiger charge is 2.30. The third-order valence-electron chi connectivity index (χ3n) is 3.99. The van der Waals surface area contributed by atoms with Crippen LogP contribution in [-0.4, -0.2) is 55.8 Å². The third kappa shape index (κ3) is 4.60. The first-order valence-corrected chi connectivity index (χ1v) is 7.83. The number of ether oxygens (including phenoxy) is 1. The molecule has 0 saturated carbocycles. The Morgan fingerprint density at radius 1 is 1.50 bits per heavy atom. The standard InChI is InChI=1S/C16H23ClN2O3/c1-19-9-12(14(20)10-19)8-16(21)18-6-5-11-3-4-13(17)15(7-11)22-2/h3-4,7,12,14,20H,5-6,8-10H2,1-2H3,(H,18,21)/t12-,14-/m1/s1. The lowest BCUT2D eigenvalue weighted by Crippen LogP contribution is -2.30. The van der Waals surface area contributed by atoms with Crippen molar-refractivity contribution in [1.82, 2.24) is 10.2 Å². The van der Waals surface area contributed by atoms with E-state index in [1.165, 1.54) is 0 Å². The third-order valence-corrected chi connectivity index (χ3v) is 4.30. The maximum atomic E-state index is 11.9. The summed E-state index contributed by atoms with van der Waals surface area (Å²) >= 11 is 5.98. The van der Waals surface area contributed by atoms with E-state index in [2.05, 4.69) is 5.32 Å². The summed E-state index contributed by atoms with van der Waals surface area (Å²) in [5.74, 6) is 0.656. The van der Waals surface area contributed by atoms with Crippen LogP contribution in [0.5, 0.6) is 5.75 Å². The van der Waals surface area contributed by atoms with Gasteiger partial charge in [-0.15, -0.1) is 0 Å². The van der Waals surface area contributed by atoms with Crippen molar-refractivity contribution < 1.29 is 14.6 Å². The molecule has 2 N–H and O–H groups in total. The number of halogens is 1. The minimum absolute atomic E-state index is 0.0136. The number of aliphatic hydroxyl groups is 1. The molecule has 2 rings (SSSR count). The van der Waals surface area contributed by atoms with Crippen molar-refractivity contribution in [3.63, 3.8) is 0 Å². The second kappa shape index (κ2) is 7.81. The largest absolute Gasteiger partial charge is 0.495 e. The molecule has 0 unspecified atom stereocenters. The predicted molar refractivity (Wildman–Crippen MR) is 86.3 cm³/mol. The fraction of sp³-hybridized carbons (Fsp3) is 0.562. The molecule has 1 heterocycles. The van der Waals surface area contributed by atoms with Crippen molar-refractivity contribution in [3.8, 4) is 5.75 Å². The Morgan fingerprint density at radius 3 is 2.91 bits per heavy atom. The number of carbonyl (C=O) groups excluding carboxylic acids is 1. The first-order chi connectivity index (χ1) is 10.5. The highest BCUT2D eigenvalue weighted by Crippen LogP contribution is 2.25. The first-order valence-electron chi connectivity index (χ1n) is 7.45. The number of rotatable bonds is 6. The Balaban J connectivity index is 1.75. The van der Waals surface area contributed by atoms with Crippen LogP contribution in [0.3, 0.4) is 0 Å². The molecule has 0 aromatic heterocycles. The van der Waals surface area contributed by atoms with Gasteiger partial charge in [-0.3, -0.25) is 4.79 Å². The molecule has 5 nitrogen and oxygen atoms in total.